The van der Waals surface area contributed by atoms with Gasteiger partial charge >= 0.3 is 0 Å². The van der Waals surface area contributed by atoms with E-state index in [1.165, 1.54) is 22.0 Å². The molecule has 1 aromatic carbocycles. The Hall–Kier alpha value is -1.24. The summed E-state index contributed by atoms with van der Waals surface area (Å²) in [4.78, 5) is 3.34. The predicted octanol–water partition coefficient (Wildman–Crippen LogP) is 4.80. The molecule has 0 aliphatic rings. The van der Waals surface area contributed by atoms with Gasteiger partial charge in [-0.05, 0) is 29.5 Å². The lowest BCUT2D eigenvalue weighted by Gasteiger charge is -2.17. The molecule has 0 aliphatic heterocycles. The van der Waals surface area contributed by atoms with Crippen LogP contribution in [-0.4, -0.2) is 4.98 Å². The van der Waals surface area contributed by atoms with Gasteiger partial charge in [-0.3, -0.25) is 0 Å². The second-order valence-corrected chi connectivity index (χ2v) is 5.00. The zero-order chi connectivity index (χ0) is 12.3. The van der Waals surface area contributed by atoms with Gasteiger partial charge < -0.3 is 4.98 Å². The van der Waals surface area contributed by atoms with Crippen molar-refractivity contribution in [3.05, 3.63) is 35.5 Å². The minimum Gasteiger partial charge on any atom is -0.361 e. The zero-order valence-corrected chi connectivity index (χ0v) is 11.3. The predicted molar refractivity (Wildman–Crippen MR) is 73.1 cm³/mol. The summed E-state index contributed by atoms with van der Waals surface area (Å²) in [5, 5.41) is 1.35. The van der Waals surface area contributed by atoms with Crippen molar-refractivity contribution in [2.24, 2.45) is 0 Å². The summed E-state index contributed by atoms with van der Waals surface area (Å²) < 4.78 is 0. The van der Waals surface area contributed by atoms with Crippen molar-refractivity contribution >= 4 is 10.9 Å². The molecule has 1 nitrogen and oxygen atoms in total. The molecule has 0 radical (unpaired) electrons. The maximum absolute atomic E-state index is 3.34. The van der Waals surface area contributed by atoms with Crippen LogP contribution in [0.4, 0.5) is 0 Å². The first-order valence-electron chi connectivity index (χ1n) is 6.07. The third kappa shape index (κ3) is 2.46. The molecular weight excluding hydrogens is 194 g/mol. The van der Waals surface area contributed by atoms with E-state index in [-0.39, 0.29) is 5.41 Å². The van der Waals surface area contributed by atoms with Crippen LogP contribution in [0.5, 0.6) is 0 Å². The molecule has 0 aliphatic carbocycles. The van der Waals surface area contributed by atoms with Crippen molar-refractivity contribution in [2.75, 3.05) is 0 Å². The maximum atomic E-state index is 3.34. The molecule has 1 aromatic heterocycles. The summed E-state index contributed by atoms with van der Waals surface area (Å²) in [6, 6.07) is 6.58. The van der Waals surface area contributed by atoms with Crippen molar-refractivity contribution in [3.63, 3.8) is 0 Å². The Balaban J connectivity index is 0.000000606. The lowest BCUT2D eigenvalue weighted by atomic mass is 9.87. The smallest absolute Gasteiger partial charge is 0.0459 e. The van der Waals surface area contributed by atoms with Gasteiger partial charge in [0.25, 0.3) is 0 Å². The van der Waals surface area contributed by atoms with Crippen LogP contribution >= 0.6 is 0 Å². The molecule has 0 fully saturated rings. The third-order valence-electron chi connectivity index (χ3n) is 2.65. The molecule has 0 saturated heterocycles. The van der Waals surface area contributed by atoms with Gasteiger partial charge in [-0.15, -0.1) is 0 Å². The van der Waals surface area contributed by atoms with Crippen LogP contribution in [0, 0.1) is 6.92 Å². The van der Waals surface area contributed by atoms with Gasteiger partial charge in [-0.1, -0.05) is 46.8 Å². The van der Waals surface area contributed by atoms with E-state index in [0.717, 1.165) is 0 Å². The molecule has 0 amide bonds. The largest absolute Gasteiger partial charge is 0.361 e. The second kappa shape index (κ2) is 4.73. The zero-order valence-electron chi connectivity index (χ0n) is 11.3. The highest BCUT2D eigenvalue weighted by Gasteiger charge is 2.17. The summed E-state index contributed by atoms with van der Waals surface area (Å²) in [5.74, 6) is 0. The number of benzene rings is 1. The van der Waals surface area contributed by atoms with E-state index in [9.17, 15) is 0 Å². The van der Waals surface area contributed by atoms with Gasteiger partial charge in [0, 0.05) is 17.1 Å². The van der Waals surface area contributed by atoms with Gasteiger partial charge in [0.1, 0.15) is 0 Å². The Morgan fingerprint density at radius 3 is 2.25 bits per heavy atom. The number of H-pyrrole nitrogens is 1. The number of hydrogen-bond acceptors (Lipinski definition) is 0. The lowest BCUT2D eigenvalue weighted by Crippen LogP contribution is -2.09. The minimum atomic E-state index is 0.216. The third-order valence-corrected chi connectivity index (χ3v) is 2.65. The molecule has 0 spiro atoms. The van der Waals surface area contributed by atoms with Crippen molar-refractivity contribution < 1.29 is 0 Å². The topological polar surface area (TPSA) is 15.8 Å². The Labute approximate surface area is 98.9 Å². The molecule has 1 heterocycles. The number of rotatable bonds is 0. The van der Waals surface area contributed by atoms with Crippen LogP contribution in [0.2, 0.25) is 0 Å². The SMILES string of the molecule is CC.Cc1ccc2c(C(C)(C)C)c[nH]c2c1. The van der Waals surface area contributed by atoms with Crippen LogP contribution in [0.3, 0.4) is 0 Å². The Bertz CT molecular complexity index is 458. The number of aromatic amines is 1. The van der Waals surface area contributed by atoms with E-state index < -0.39 is 0 Å². The highest BCUT2D eigenvalue weighted by atomic mass is 14.7. The lowest BCUT2D eigenvalue weighted by molar-refractivity contribution is 0.596. The fraction of sp³-hybridized carbons (Fsp3) is 0.467. The molecule has 2 aromatic rings. The van der Waals surface area contributed by atoms with Crippen LogP contribution in [0.25, 0.3) is 10.9 Å². The molecule has 1 N–H and O–H groups in total. The molecular formula is C15H23N. The average Bonchev–Trinajstić information content (AvgIpc) is 2.62. The van der Waals surface area contributed by atoms with Gasteiger partial charge in [-0.25, -0.2) is 0 Å². The van der Waals surface area contributed by atoms with E-state index in [1.807, 2.05) is 13.8 Å². The number of aryl methyl sites for hydroxylation is 1. The first-order valence-corrected chi connectivity index (χ1v) is 6.07. The Kier molecular flexibility index (Phi) is 3.79. The van der Waals surface area contributed by atoms with Crippen molar-refractivity contribution in [1.29, 1.82) is 0 Å². The first kappa shape index (κ1) is 12.8. The summed E-state index contributed by atoms with van der Waals surface area (Å²) in [6.07, 6.45) is 2.13. The molecule has 2 rings (SSSR count). The summed E-state index contributed by atoms with van der Waals surface area (Å²) in [6.45, 7) is 12.9. The second-order valence-electron chi connectivity index (χ2n) is 5.00. The van der Waals surface area contributed by atoms with Crippen LogP contribution in [0.15, 0.2) is 24.4 Å². The van der Waals surface area contributed by atoms with E-state index in [4.69, 9.17) is 0 Å². The molecule has 88 valence electrons. The number of nitrogens with one attached hydrogen (secondary N) is 1. The molecule has 0 unspecified atom stereocenters. The van der Waals surface area contributed by atoms with Crippen LogP contribution < -0.4 is 0 Å². The van der Waals surface area contributed by atoms with Crippen molar-refractivity contribution in [2.45, 2.75) is 47.0 Å². The highest BCUT2D eigenvalue weighted by molar-refractivity contribution is 5.84. The van der Waals surface area contributed by atoms with Crippen molar-refractivity contribution in [1.82, 2.24) is 4.98 Å². The minimum absolute atomic E-state index is 0.216. The highest BCUT2D eigenvalue weighted by Crippen LogP contribution is 2.29. The number of aromatic nitrogens is 1. The van der Waals surface area contributed by atoms with Gasteiger partial charge in [-0.2, -0.15) is 0 Å². The quantitative estimate of drug-likeness (QED) is 0.652. The summed E-state index contributed by atoms with van der Waals surface area (Å²) >= 11 is 0. The first-order chi connectivity index (χ1) is 7.48. The number of hydrogen-bond donors (Lipinski definition) is 1. The van der Waals surface area contributed by atoms with E-state index in [1.54, 1.807) is 0 Å². The van der Waals surface area contributed by atoms with Gasteiger partial charge in [0.05, 0.1) is 0 Å². The fourth-order valence-corrected chi connectivity index (χ4v) is 1.86. The van der Waals surface area contributed by atoms with E-state index in [0.29, 0.717) is 0 Å². The van der Waals surface area contributed by atoms with Crippen molar-refractivity contribution in [3.8, 4) is 0 Å². The van der Waals surface area contributed by atoms with Gasteiger partial charge in [0.15, 0.2) is 0 Å². The Morgan fingerprint density at radius 2 is 1.69 bits per heavy atom. The number of fused-ring (bicyclic) bond motifs is 1. The van der Waals surface area contributed by atoms with Crippen LogP contribution in [0.1, 0.15) is 45.7 Å². The van der Waals surface area contributed by atoms with Gasteiger partial charge in [0.2, 0.25) is 0 Å². The van der Waals surface area contributed by atoms with Crippen LogP contribution in [-0.2, 0) is 5.41 Å². The summed E-state index contributed by atoms with van der Waals surface area (Å²) in [5.41, 5.74) is 4.16. The molecule has 0 saturated carbocycles. The molecule has 0 bridgehead atoms. The maximum Gasteiger partial charge on any atom is 0.0459 e. The Morgan fingerprint density at radius 1 is 1.06 bits per heavy atom. The fourth-order valence-electron chi connectivity index (χ4n) is 1.86. The monoisotopic (exact) mass is 217 g/mol. The summed E-state index contributed by atoms with van der Waals surface area (Å²) in [7, 11) is 0. The standard InChI is InChI=1S/C13H17N.C2H6/c1-9-5-6-10-11(13(2,3)4)8-14-12(10)7-9;1-2/h5-8,14H,1-4H3;1-2H3. The van der Waals surface area contributed by atoms with E-state index in [2.05, 4.69) is 57.1 Å². The molecule has 16 heavy (non-hydrogen) atoms. The molecule has 1 heteroatoms. The molecule has 0 atom stereocenters. The normalized spacial score (nSPS) is 11.1. The average molecular weight is 217 g/mol. The van der Waals surface area contributed by atoms with E-state index >= 15 is 0 Å².